The number of hydrogen-bond donors (Lipinski definition) is 1. The number of benzene rings is 1. The molecule has 0 spiro atoms. The molecule has 0 saturated carbocycles. The van der Waals surface area contributed by atoms with Gasteiger partial charge < -0.3 is 5.32 Å². The van der Waals surface area contributed by atoms with E-state index in [1.165, 1.54) is 10.8 Å². The summed E-state index contributed by atoms with van der Waals surface area (Å²) in [5.74, 6) is 0.365. The standard InChI is InChI=1S/C15H25NO2SSi/c1-20(2,3)15-8-6-13(7-9-15)11-16-12-14-5-4-10-19(14,17)18/h6-9,14,16H,4-5,10-12H2,1-3H3. The zero-order chi connectivity index (χ0) is 14.8. The van der Waals surface area contributed by atoms with Crippen molar-refractivity contribution in [3.8, 4) is 0 Å². The highest BCUT2D eigenvalue weighted by atomic mass is 32.2. The molecule has 3 nitrogen and oxygen atoms in total. The van der Waals surface area contributed by atoms with Crippen LogP contribution in [-0.2, 0) is 16.4 Å². The molecule has 1 fully saturated rings. The lowest BCUT2D eigenvalue weighted by molar-refractivity contribution is 0.574. The minimum absolute atomic E-state index is 0.177. The SMILES string of the molecule is C[Si](C)(C)c1ccc(CNCC2CCCS2(=O)=O)cc1. The maximum absolute atomic E-state index is 11.7. The molecular formula is C15H25NO2SSi. The van der Waals surface area contributed by atoms with Crippen LogP contribution in [0.25, 0.3) is 0 Å². The smallest absolute Gasteiger partial charge is 0.154 e. The van der Waals surface area contributed by atoms with Crippen LogP contribution in [0.4, 0.5) is 0 Å². The molecule has 112 valence electrons. The van der Waals surface area contributed by atoms with Gasteiger partial charge in [-0.3, -0.25) is 0 Å². The third-order valence-electron chi connectivity index (χ3n) is 3.98. The van der Waals surface area contributed by atoms with Crippen LogP contribution < -0.4 is 10.5 Å². The highest BCUT2D eigenvalue weighted by Gasteiger charge is 2.30. The Hall–Kier alpha value is -0.653. The van der Waals surface area contributed by atoms with Crippen molar-refractivity contribution in [3.63, 3.8) is 0 Å². The molecule has 1 unspecified atom stereocenters. The van der Waals surface area contributed by atoms with Gasteiger partial charge in [0, 0.05) is 13.1 Å². The van der Waals surface area contributed by atoms with E-state index in [0.717, 1.165) is 19.4 Å². The van der Waals surface area contributed by atoms with E-state index in [9.17, 15) is 8.42 Å². The van der Waals surface area contributed by atoms with Gasteiger partial charge in [0.15, 0.2) is 9.84 Å². The number of hydrogen-bond acceptors (Lipinski definition) is 3. The zero-order valence-corrected chi connectivity index (χ0v) is 14.5. The molecule has 0 aliphatic carbocycles. The van der Waals surface area contributed by atoms with E-state index in [-0.39, 0.29) is 5.25 Å². The molecule has 0 radical (unpaired) electrons. The molecule has 0 amide bonds. The Morgan fingerprint density at radius 3 is 2.35 bits per heavy atom. The van der Waals surface area contributed by atoms with Gasteiger partial charge in [0.05, 0.1) is 19.1 Å². The van der Waals surface area contributed by atoms with Crippen LogP contribution in [0.15, 0.2) is 24.3 Å². The van der Waals surface area contributed by atoms with E-state index in [1.54, 1.807) is 0 Å². The molecule has 0 aromatic heterocycles. The van der Waals surface area contributed by atoms with Gasteiger partial charge in [0.25, 0.3) is 0 Å². The van der Waals surface area contributed by atoms with E-state index >= 15 is 0 Å². The van der Waals surface area contributed by atoms with Crippen molar-refractivity contribution in [2.24, 2.45) is 0 Å². The zero-order valence-electron chi connectivity index (χ0n) is 12.6. The molecule has 5 heteroatoms. The summed E-state index contributed by atoms with van der Waals surface area (Å²) in [5.41, 5.74) is 1.22. The Labute approximate surface area is 123 Å². The molecule has 1 aliphatic heterocycles. The molecule has 1 aliphatic rings. The monoisotopic (exact) mass is 311 g/mol. The molecule has 20 heavy (non-hydrogen) atoms. The molecule has 1 atom stereocenters. The second kappa shape index (κ2) is 5.99. The van der Waals surface area contributed by atoms with E-state index in [0.29, 0.717) is 12.3 Å². The minimum atomic E-state index is -2.82. The van der Waals surface area contributed by atoms with Gasteiger partial charge in [-0.25, -0.2) is 8.42 Å². The van der Waals surface area contributed by atoms with E-state index in [1.807, 2.05) is 0 Å². The van der Waals surface area contributed by atoms with Crippen molar-refractivity contribution in [1.82, 2.24) is 5.32 Å². The first-order chi connectivity index (χ1) is 9.29. The first-order valence-corrected chi connectivity index (χ1v) is 12.5. The Morgan fingerprint density at radius 1 is 1.20 bits per heavy atom. The molecule has 0 bridgehead atoms. The second-order valence-electron chi connectivity index (χ2n) is 6.71. The summed E-state index contributed by atoms with van der Waals surface area (Å²) in [4.78, 5) is 0. The number of nitrogens with one attached hydrogen (secondary N) is 1. The molecule has 2 rings (SSSR count). The maximum Gasteiger partial charge on any atom is 0.154 e. The first-order valence-electron chi connectivity index (χ1n) is 7.31. The summed E-state index contributed by atoms with van der Waals surface area (Å²) >= 11 is 0. The lowest BCUT2D eigenvalue weighted by atomic mass is 10.2. The molecule has 1 heterocycles. The van der Waals surface area contributed by atoms with Gasteiger partial charge in [0.2, 0.25) is 0 Å². The van der Waals surface area contributed by atoms with Crippen molar-refractivity contribution in [2.75, 3.05) is 12.3 Å². The Kier molecular flexibility index (Phi) is 4.72. The minimum Gasteiger partial charge on any atom is -0.311 e. The fraction of sp³-hybridized carbons (Fsp3) is 0.600. The summed E-state index contributed by atoms with van der Waals surface area (Å²) in [6.07, 6.45) is 1.63. The fourth-order valence-electron chi connectivity index (χ4n) is 2.59. The van der Waals surface area contributed by atoms with Gasteiger partial charge in [-0.15, -0.1) is 0 Å². The van der Waals surface area contributed by atoms with Crippen LogP contribution in [0.3, 0.4) is 0 Å². The molecule has 1 aromatic carbocycles. The van der Waals surface area contributed by atoms with Gasteiger partial charge >= 0.3 is 0 Å². The first kappa shape index (κ1) is 15.7. The largest absolute Gasteiger partial charge is 0.311 e. The lowest BCUT2D eigenvalue weighted by Crippen LogP contribution is -2.37. The van der Waals surface area contributed by atoms with Gasteiger partial charge in [-0.05, 0) is 18.4 Å². The summed E-state index contributed by atoms with van der Waals surface area (Å²) in [5, 5.41) is 4.57. The van der Waals surface area contributed by atoms with Crippen molar-refractivity contribution in [1.29, 1.82) is 0 Å². The summed E-state index contributed by atoms with van der Waals surface area (Å²) in [7, 11) is -4.05. The number of rotatable bonds is 5. The summed E-state index contributed by atoms with van der Waals surface area (Å²) in [6, 6.07) is 8.75. The third kappa shape index (κ3) is 3.93. The highest BCUT2D eigenvalue weighted by molar-refractivity contribution is 7.92. The average molecular weight is 312 g/mol. The van der Waals surface area contributed by atoms with Gasteiger partial charge in [-0.1, -0.05) is 49.1 Å². The quantitative estimate of drug-likeness (QED) is 0.845. The second-order valence-corrected chi connectivity index (χ2v) is 14.2. The van der Waals surface area contributed by atoms with Crippen molar-refractivity contribution < 1.29 is 8.42 Å². The average Bonchev–Trinajstić information content (AvgIpc) is 2.68. The summed E-state index contributed by atoms with van der Waals surface area (Å²) in [6.45, 7) is 8.34. The van der Waals surface area contributed by atoms with Crippen LogP contribution in [0.2, 0.25) is 19.6 Å². The van der Waals surface area contributed by atoms with Crippen molar-refractivity contribution >= 4 is 23.1 Å². The van der Waals surface area contributed by atoms with E-state index in [2.05, 4.69) is 49.2 Å². The number of sulfone groups is 1. The lowest BCUT2D eigenvalue weighted by Gasteiger charge is -2.17. The molecule has 1 aromatic rings. The molecule has 1 saturated heterocycles. The maximum atomic E-state index is 11.7. The predicted octanol–water partition coefficient (Wildman–Crippen LogP) is 1.90. The van der Waals surface area contributed by atoms with Crippen LogP contribution in [0, 0.1) is 0 Å². The van der Waals surface area contributed by atoms with Crippen molar-refractivity contribution in [2.45, 2.75) is 44.3 Å². The Bertz CT molecular complexity index is 546. The van der Waals surface area contributed by atoms with Crippen LogP contribution in [-0.4, -0.2) is 34.0 Å². The summed E-state index contributed by atoms with van der Waals surface area (Å²) < 4.78 is 23.4. The highest BCUT2D eigenvalue weighted by Crippen LogP contribution is 2.19. The fourth-order valence-corrected chi connectivity index (χ4v) is 5.55. The Morgan fingerprint density at radius 2 is 1.85 bits per heavy atom. The topological polar surface area (TPSA) is 46.2 Å². The Balaban J connectivity index is 1.86. The van der Waals surface area contributed by atoms with Crippen LogP contribution >= 0.6 is 0 Å². The van der Waals surface area contributed by atoms with E-state index < -0.39 is 17.9 Å². The van der Waals surface area contributed by atoms with E-state index in [4.69, 9.17) is 0 Å². The third-order valence-corrected chi connectivity index (χ3v) is 8.33. The van der Waals surface area contributed by atoms with Gasteiger partial charge in [-0.2, -0.15) is 0 Å². The molecular weight excluding hydrogens is 286 g/mol. The normalized spacial score (nSPS) is 22.1. The van der Waals surface area contributed by atoms with Crippen LogP contribution in [0.1, 0.15) is 18.4 Å². The van der Waals surface area contributed by atoms with Crippen molar-refractivity contribution in [3.05, 3.63) is 29.8 Å². The molecule has 1 N–H and O–H groups in total. The predicted molar refractivity (Wildman–Crippen MR) is 87.9 cm³/mol. The van der Waals surface area contributed by atoms with Crippen LogP contribution in [0.5, 0.6) is 0 Å². The van der Waals surface area contributed by atoms with Gasteiger partial charge in [0.1, 0.15) is 0 Å².